The van der Waals surface area contributed by atoms with Crippen molar-refractivity contribution in [3.63, 3.8) is 0 Å². The molecule has 30 heavy (non-hydrogen) atoms. The molecule has 1 heterocycles. The van der Waals surface area contributed by atoms with Crippen LogP contribution in [0.5, 0.6) is 5.75 Å². The number of carbonyl (C=O) groups is 2. The molecule has 2 atom stereocenters. The lowest BCUT2D eigenvalue weighted by molar-refractivity contribution is -0.151. The number of carbonyl (C=O) groups excluding carboxylic acids is 2. The number of hydrogen-bond donors (Lipinski definition) is 3. The zero-order chi connectivity index (χ0) is 22.1. The first kappa shape index (κ1) is 24.1. The number of aliphatic hydroxyl groups is 1. The number of amides is 2. The van der Waals surface area contributed by atoms with E-state index in [9.17, 15) is 14.7 Å². The van der Waals surface area contributed by atoms with Gasteiger partial charge in [0.1, 0.15) is 11.9 Å². The van der Waals surface area contributed by atoms with Crippen LogP contribution in [0.15, 0.2) is 24.3 Å². The number of nitrogens with zero attached hydrogens (tertiary/aromatic N) is 2. The second-order valence-corrected chi connectivity index (χ2v) is 8.02. The van der Waals surface area contributed by atoms with Crippen molar-refractivity contribution in [3.05, 3.63) is 29.8 Å². The van der Waals surface area contributed by atoms with E-state index in [1.165, 1.54) is 5.48 Å². The van der Waals surface area contributed by atoms with E-state index >= 15 is 0 Å². The van der Waals surface area contributed by atoms with E-state index in [1.807, 2.05) is 45.3 Å². The summed E-state index contributed by atoms with van der Waals surface area (Å²) in [5.41, 5.74) is 2.57. The number of hydroxylamine groups is 1. The Morgan fingerprint density at radius 2 is 1.87 bits per heavy atom. The fourth-order valence-electron chi connectivity index (χ4n) is 3.95. The highest BCUT2D eigenvalue weighted by Gasteiger charge is 2.36. The lowest BCUT2D eigenvalue weighted by atomic mass is 9.91. The zero-order valence-corrected chi connectivity index (χ0v) is 18.2. The predicted octanol–water partition coefficient (Wildman–Crippen LogP) is 1.44. The molecule has 1 aromatic carbocycles. The number of ether oxygens (including phenoxy) is 1. The highest BCUT2D eigenvalue weighted by atomic mass is 16.5. The number of aryl methyl sites for hydroxylation is 1. The Labute approximate surface area is 178 Å². The van der Waals surface area contributed by atoms with E-state index in [1.54, 1.807) is 4.90 Å². The second kappa shape index (κ2) is 11.9. The number of aliphatic hydroxyl groups excluding tert-OH is 1. The van der Waals surface area contributed by atoms with Crippen LogP contribution in [-0.2, 0) is 16.0 Å². The molecule has 2 unspecified atom stereocenters. The highest BCUT2D eigenvalue weighted by Crippen LogP contribution is 2.22. The third-order valence-electron chi connectivity index (χ3n) is 5.80. The quantitative estimate of drug-likeness (QED) is 0.390. The Bertz CT molecular complexity index is 672. The maximum Gasteiger partial charge on any atom is 0.272 e. The minimum Gasteiger partial charge on any atom is -0.494 e. The third-order valence-corrected chi connectivity index (χ3v) is 5.80. The van der Waals surface area contributed by atoms with Gasteiger partial charge in [0.2, 0.25) is 5.91 Å². The molecule has 0 spiro atoms. The summed E-state index contributed by atoms with van der Waals surface area (Å²) in [5.74, 6) is -1.24. The van der Waals surface area contributed by atoms with Gasteiger partial charge >= 0.3 is 0 Å². The normalized spacial score (nSPS) is 16.9. The number of benzene rings is 1. The Hall–Kier alpha value is -2.16. The molecule has 1 saturated heterocycles. The Balaban J connectivity index is 1.97. The van der Waals surface area contributed by atoms with Crippen LogP contribution < -0.4 is 10.2 Å². The Kier molecular flexibility index (Phi) is 9.55. The lowest BCUT2D eigenvalue weighted by Gasteiger charge is -2.37. The van der Waals surface area contributed by atoms with Crippen molar-refractivity contribution in [3.8, 4) is 5.75 Å². The van der Waals surface area contributed by atoms with E-state index in [4.69, 9.17) is 9.94 Å². The summed E-state index contributed by atoms with van der Waals surface area (Å²) >= 11 is 0. The molecule has 0 radical (unpaired) electrons. The van der Waals surface area contributed by atoms with Gasteiger partial charge < -0.3 is 19.6 Å². The van der Waals surface area contributed by atoms with Crippen LogP contribution in [0.25, 0.3) is 0 Å². The average Bonchev–Trinajstić information content (AvgIpc) is 2.76. The first-order valence-corrected chi connectivity index (χ1v) is 10.7. The smallest absolute Gasteiger partial charge is 0.272 e. The first-order chi connectivity index (χ1) is 14.4. The van der Waals surface area contributed by atoms with Gasteiger partial charge in [-0.05, 0) is 70.8 Å². The molecule has 0 aromatic heterocycles. The molecule has 0 aliphatic carbocycles. The maximum atomic E-state index is 13.1. The standard InChI is InChI=1S/C22H35N3O5/c1-4-30-18-10-8-16(9-11-18)6-5-7-19(20(26)21(27)23-29)22(28)25-14-12-17(13-15-25)24(2)3/h8-11,17,19-20,26,29H,4-7,12-15H2,1-3H3,(H,23,27). The highest BCUT2D eigenvalue weighted by molar-refractivity contribution is 5.88. The van der Waals surface area contributed by atoms with Crippen molar-refractivity contribution >= 4 is 11.8 Å². The monoisotopic (exact) mass is 421 g/mol. The van der Waals surface area contributed by atoms with Crippen molar-refractivity contribution < 1.29 is 24.6 Å². The summed E-state index contributed by atoms with van der Waals surface area (Å²) in [5, 5.41) is 19.3. The molecule has 8 nitrogen and oxygen atoms in total. The van der Waals surface area contributed by atoms with E-state index in [0.29, 0.717) is 45.0 Å². The van der Waals surface area contributed by atoms with Crippen molar-refractivity contribution in [1.29, 1.82) is 0 Å². The van der Waals surface area contributed by atoms with Crippen LogP contribution in [0, 0.1) is 5.92 Å². The van der Waals surface area contributed by atoms with Crippen molar-refractivity contribution in [2.75, 3.05) is 33.8 Å². The first-order valence-electron chi connectivity index (χ1n) is 10.7. The van der Waals surface area contributed by atoms with Gasteiger partial charge in [-0.15, -0.1) is 0 Å². The van der Waals surface area contributed by atoms with Crippen LogP contribution >= 0.6 is 0 Å². The van der Waals surface area contributed by atoms with Crippen molar-refractivity contribution in [2.45, 2.75) is 51.2 Å². The molecule has 0 saturated carbocycles. The topological polar surface area (TPSA) is 102 Å². The number of piperidine rings is 1. The lowest BCUT2D eigenvalue weighted by Crippen LogP contribution is -2.50. The predicted molar refractivity (Wildman–Crippen MR) is 113 cm³/mol. The summed E-state index contributed by atoms with van der Waals surface area (Å²) in [7, 11) is 4.06. The number of rotatable bonds is 10. The Morgan fingerprint density at radius 3 is 2.40 bits per heavy atom. The molecular weight excluding hydrogens is 386 g/mol. The number of nitrogens with one attached hydrogen (secondary N) is 1. The van der Waals surface area contributed by atoms with Gasteiger partial charge in [0.15, 0.2) is 0 Å². The molecule has 0 bridgehead atoms. The van der Waals surface area contributed by atoms with Crippen LogP contribution in [0.2, 0.25) is 0 Å². The molecule has 8 heteroatoms. The van der Waals surface area contributed by atoms with E-state index in [-0.39, 0.29) is 5.91 Å². The van der Waals surface area contributed by atoms with Crippen LogP contribution in [0.4, 0.5) is 0 Å². The average molecular weight is 422 g/mol. The Morgan fingerprint density at radius 1 is 1.23 bits per heavy atom. The fourth-order valence-corrected chi connectivity index (χ4v) is 3.95. The maximum absolute atomic E-state index is 13.1. The van der Waals surface area contributed by atoms with Gasteiger partial charge in [0.05, 0.1) is 12.5 Å². The van der Waals surface area contributed by atoms with Gasteiger partial charge in [-0.25, -0.2) is 5.48 Å². The summed E-state index contributed by atoms with van der Waals surface area (Å²) in [6, 6.07) is 8.20. The fraction of sp³-hybridized carbons (Fsp3) is 0.636. The SMILES string of the molecule is CCOc1ccc(CCCC(C(=O)N2CCC(N(C)C)CC2)C(O)C(=O)NO)cc1. The van der Waals surface area contributed by atoms with E-state index < -0.39 is 17.9 Å². The number of hydrogen-bond acceptors (Lipinski definition) is 6. The van der Waals surface area contributed by atoms with Crippen molar-refractivity contribution in [2.24, 2.45) is 5.92 Å². The minimum atomic E-state index is -1.57. The minimum absolute atomic E-state index is 0.227. The molecule has 1 aliphatic rings. The molecule has 1 fully saturated rings. The van der Waals surface area contributed by atoms with Crippen molar-refractivity contribution in [1.82, 2.24) is 15.3 Å². The summed E-state index contributed by atoms with van der Waals surface area (Å²) in [6.45, 7) is 3.75. The van der Waals surface area contributed by atoms with Gasteiger partial charge in [0, 0.05) is 19.1 Å². The molecule has 2 rings (SSSR count). The van der Waals surface area contributed by atoms with E-state index in [2.05, 4.69) is 4.90 Å². The summed E-state index contributed by atoms with van der Waals surface area (Å²) in [4.78, 5) is 28.8. The largest absolute Gasteiger partial charge is 0.494 e. The third kappa shape index (κ3) is 6.68. The second-order valence-electron chi connectivity index (χ2n) is 8.02. The van der Waals surface area contributed by atoms with Gasteiger partial charge in [-0.1, -0.05) is 12.1 Å². The van der Waals surface area contributed by atoms with Gasteiger partial charge in [-0.3, -0.25) is 14.8 Å². The molecular formula is C22H35N3O5. The van der Waals surface area contributed by atoms with Crippen LogP contribution in [-0.4, -0.2) is 77.9 Å². The molecule has 2 amide bonds. The molecule has 1 aliphatic heterocycles. The summed E-state index contributed by atoms with van der Waals surface area (Å²) in [6.07, 6.45) is 1.85. The molecule has 168 valence electrons. The summed E-state index contributed by atoms with van der Waals surface area (Å²) < 4.78 is 5.44. The van der Waals surface area contributed by atoms with Gasteiger partial charge in [-0.2, -0.15) is 0 Å². The van der Waals surface area contributed by atoms with Gasteiger partial charge in [0.25, 0.3) is 5.91 Å². The molecule has 3 N–H and O–H groups in total. The number of likely N-dealkylation sites (tertiary alicyclic amines) is 1. The van der Waals surface area contributed by atoms with Crippen LogP contribution in [0.1, 0.15) is 38.2 Å². The molecule has 1 aromatic rings. The van der Waals surface area contributed by atoms with E-state index in [0.717, 1.165) is 24.2 Å². The zero-order valence-electron chi connectivity index (χ0n) is 18.2. The van der Waals surface area contributed by atoms with Crippen LogP contribution in [0.3, 0.4) is 0 Å².